The molecule has 1 saturated carbocycles. The van der Waals surface area contributed by atoms with Crippen LogP contribution in [0.25, 0.3) is 0 Å². The third-order valence-electron chi connectivity index (χ3n) is 6.80. The van der Waals surface area contributed by atoms with Gasteiger partial charge in [0.25, 0.3) is 5.91 Å². The quantitative estimate of drug-likeness (QED) is 0.633. The van der Waals surface area contributed by atoms with Gasteiger partial charge in [-0.1, -0.05) is 18.2 Å². The first-order chi connectivity index (χ1) is 15.7. The minimum Gasteiger partial charge on any atom is -0.396 e. The van der Waals surface area contributed by atoms with E-state index in [0.717, 1.165) is 24.5 Å². The highest BCUT2D eigenvalue weighted by atomic mass is 19.4. The second kappa shape index (κ2) is 7.69. The number of aromatic nitrogens is 3. The lowest BCUT2D eigenvalue weighted by molar-refractivity contribution is -0.138. The number of hydrogen-bond acceptors (Lipinski definition) is 4. The highest BCUT2D eigenvalue weighted by molar-refractivity contribution is 6.10. The van der Waals surface area contributed by atoms with Gasteiger partial charge in [0.15, 0.2) is 5.82 Å². The van der Waals surface area contributed by atoms with Gasteiger partial charge in [-0.2, -0.15) is 18.3 Å². The van der Waals surface area contributed by atoms with Crippen molar-refractivity contribution in [1.29, 1.82) is 0 Å². The molecule has 1 aromatic heterocycles. The van der Waals surface area contributed by atoms with Crippen LogP contribution < -0.4 is 4.90 Å². The second-order valence-electron chi connectivity index (χ2n) is 9.02. The number of alkyl halides is 3. The molecule has 0 radical (unpaired) electrons. The highest BCUT2D eigenvalue weighted by Crippen LogP contribution is 2.50. The van der Waals surface area contributed by atoms with E-state index in [9.17, 15) is 23.1 Å². The molecule has 2 aromatic carbocycles. The van der Waals surface area contributed by atoms with Gasteiger partial charge in [-0.15, -0.1) is 0 Å². The van der Waals surface area contributed by atoms with Crippen molar-refractivity contribution in [3.8, 4) is 0 Å². The monoisotopic (exact) mass is 456 g/mol. The topological polar surface area (TPSA) is 71.2 Å². The molecule has 33 heavy (non-hydrogen) atoms. The van der Waals surface area contributed by atoms with E-state index in [2.05, 4.69) is 10.1 Å². The van der Waals surface area contributed by atoms with E-state index in [1.54, 1.807) is 24.1 Å². The van der Waals surface area contributed by atoms with Crippen LogP contribution in [0.2, 0.25) is 0 Å². The fourth-order valence-corrected chi connectivity index (χ4v) is 5.23. The first-order valence-electron chi connectivity index (χ1n) is 10.8. The molecule has 9 heteroatoms. The number of aliphatic hydroxyl groups excluding tert-OH is 1. The molecule has 2 heterocycles. The van der Waals surface area contributed by atoms with Gasteiger partial charge in [0.1, 0.15) is 6.33 Å². The smallest absolute Gasteiger partial charge is 0.396 e. The van der Waals surface area contributed by atoms with Crippen LogP contribution >= 0.6 is 0 Å². The molecule has 0 unspecified atom stereocenters. The highest BCUT2D eigenvalue weighted by Gasteiger charge is 2.46. The fourth-order valence-electron chi connectivity index (χ4n) is 5.23. The summed E-state index contributed by atoms with van der Waals surface area (Å²) >= 11 is 0. The van der Waals surface area contributed by atoms with Crippen molar-refractivity contribution < 1.29 is 23.1 Å². The van der Waals surface area contributed by atoms with E-state index >= 15 is 0 Å². The minimum atomic E-state index is -4.52. The second-order valence-corrected chi connectivity index (χ2v) is 9.02. The first-order valence-corrected chi connectivity index (χ1v) is 10.8. The van der Waals surface area contributed by atoms with Gasteiger partial charge in [-0.05, 0) is 54.2 Å². The van der Waals surface area contributed by atoms with Crippen molar-refractivity contribution in [3.63, 3.8) is 0 Å². The number of aliphatic hydroxyl groups is 1. The maximum atomic E-state index is 13.5. The number of nitrogens with zero attached hydrogens (tertiary/aromatic N) is 4. The van der Waals surface area contributed by atoms with Gasteiger partial charge < -0.3 is 10.0 Å². The summed E-state index contributed by atoms with van der Waals surface area (Å²) in [5, 5.41) is 14.0. The van der Waals surface area contributed by atoms with E-state index < -0.39 is 17.6 Å². The normalized spacial score (nSPS) is 22.4. The Kier molecular flexibility index (Phi) is 5.04. The molecule has 3 aromatic rings. The lowest BCUT2D eigenvalue weighted by Crippen LogP contribution is -2.45. The molecular formula is C24H23F3N4O2. The molecule has 0 bridgehead atoms. The van der Waals surface area contributed by atoms with E-state index in [1.165, 1.54) is 17.0 Å². The van der Waals surface area contributed by atoms with Crippen LogP contribution in [-0.4, -0.2) is 32.4 Å². The molecule has 1 fully saturated rings. The Morgan fingerprint density at radius 2 is 1.94 bits per heavy atom. The van der Waals surface area contributed by atoms with Crippen LogP contribution in [0.1, 0.15) is 45.7 Å². The first kappa shape index (κ1) is 21.6. The Labute approximate surface area is 188 Å². The predicted octanol–water partition coefficient (Wildman–Crippen LogP) is 3.88. The van der Waals surface area contributed by atoms with Crippen molar-refractivity contribution in [2.24, 2.45) is 13.0 Å². The summed E-state index contributed by atoms with van der Waals surface area (Å²) in [6.07, 6.45) is -0.802. The third-order valence-corrected chi connectivity index (χ3v) is 6.80. The molecule has 1 amide bonds. The molecule has 0 saturated heterocycles. The summed E-state index contributed by atoms with van der Waals surface area (Å²) in [7, 11) is 1.80. The number of aryl methyl sites for hydroxylation is 1. The Hall–Kier alpha value is -3.20. The average Bonchev–Trinajstić information content (AvgIpc) is 3.32. The van der Waals surface area contributed by atoms with Gasteiger partial charge in [0, 0.05) is 36.7 Å². The standard InChI is InChI=1S/C24H23F3N4O2/c1-30-14-28-21(29-30)11-23(9-15(10-23)13-32)16-4-2-5-17(8-16)31-12-19-18(22(31)33)6-3-7-20(19)24(25,26)27/h2-8,14-15,32H,9-13H2,1H3. The van der Waals surface area contributed by atoms with Gasteiger partial charge in [-0.25, -0.2) is 4.98 Å². The SMILES string of the molecule is Cn1cnc(CC2(c3cccc(N4Cc5c(cccc5C(F)(F)F)C4=O)c3)CC(CO)C2)n1. The minimum absolute atomic E-state index is 0.0109. The van der Waals surface area contributed by atoms with Gasteiger partial charge in [0.2, 0.25) is 0 Å². The Balaban J connectivity index is 1.48. The van der Waals surface area contributed by atoms with E-state index in [4.69, 9.17) is 0 Å². The van der Waals surface area contributed by atoms with Crippen LogP contribution in [0.4, 0.5) is 18.9 Å². The maximum absolute atomic E-state index is 13.5. The Morgan fingerprint density at radius 3 is 2.61 bits per heavy atom. The summed E-state index contributed by atoms with van der Waals surface area (Å²) in [5.41, 5.74) is 0.565. The summed E-state index contributed by atoms with van der Waals surface area (Å²) in [4.78, 5) is 18.8. The largest absolute Gasteiger partial charge is 0.416 e. The van der Waals surface area contributed by atoms with Crippen molar-refractivity contribution in [2.45, 2.75) is 37.4 Å². The summed E-state index contributed by atoms with van der Waals surface area (Å²) < 4.78 is 42.1. The van der Waals surface area contributed by atoms with Crippen molar-refractivity contribution in [2.75, 3.05) is 11.5 Å². The van der Waals surface area contributed by atoms with Crippen LogP contribution in [0, 0.1) is 5.92 Å². The maximum Gasteiger partial charge on any atom is 0.416 e. The van der Waals surface area contributed by atoms with Gasteiger partial charge >= 0.3 is 6.18 Å². The molecule has 1 N–H and O–H groups in total. The Bertz CT molecular complexity index is 1210. The zero-order chi connectivity index (χ0) is 23.4. The third kappa shape index (κ3) is 3.70. The molecule has 5 rings (SSSR count). The van der Waals surface area contributed by atoms with E-state index in [-0.39, 0.29) is 35.6 Å². The molecule has 0 atom stereocenters. The van der Waals surface area contributed by atoms with Crippen molar-refractivity contribution in [1.82, 2.24) is 14.8 Å². The average molecular weight is 456 g/mol. The lowest BCUT2D eigenvalue weighted by atomic mass is 9.57. The van der Waals surface area contributed by atoms with Crippen LogP contribution in [0.15, 0.2) is 48.8 Å². The number of amides is 1. The van der Waals surface area contributed by atoms with E-state index in [0.29, 0.717) is 17.9 Å². The van der Waals surface area contributed by atoms with Crippen LogP contribution in [-0.2, 0) is 31.6 Å². The molecule has 6 nitrogen and oxygen atoms in total. The van der Waals surface area contributed by atoms with E-state index in [1.807, 2.05) is 18.2 Å². The number of hydrogen-bond donors (Lipinski definition) is 1. The molecule has 1 aliphatic heterocycles. The molecule has 1 aliphatic carbocycles. The fraction of sp³-hybridized carbons (Fsp3) is 0.375. The Morgan fingerprint density at radius 1 is 1.18 bits per heavy atom. The molecule has 172 valence electrons. The van der Waals surface area contributed by atoms with Crippen LogP contribution in [0.3, 0.4) is 0 Å². The van der Waals surface area contributed by atoms with Crippen molar-refractivity contribution >= 4 is 11.6 Å². The number of fused-ring (bicyclic) bond motifs is 1. The lowest BCUT2D eigenvalue weighted by Gasteiger charge is -2.47. The van der Waals surface area contributed by atoms with Crippen LogP contribution in [0.5, 0.6) is 0 Å². The predicted molar refractivity (Wildman–Crippen MR) is 115 cm³/mol. The number of anilines is 1. The van der Waals surface area contributed by atoms with Gasteiger partial charge in [-0.3, -0.25) is 9.48 Å². The number of halogens is 3. The number of carbonyl (C=O) groups is 1. The van der Waals surface area contributed by atoms with Gasteiger partial charge in [0.05, 0.1) is 12.1 Å². The summed E-state index contributed by atoms with van der Waals surface area (Å²) in [6, 6.07) is 11.2. The number of rotatable bonds is 5. The number of benzene rings is 2. The summed E-state index contributed by atoms with van der Waals surface area (Å²) in [5.74, 6) is 0.429. The zero-order valence-corrected chi connectivity index (χ0v) is 18.0. The van der Waals surface area contributed by atoms with Crippen molar-refractivity contribution in [3.05, 3.63) is 76.9 Å². The molecular weight excluding hydrogens is 433 g/mol. The molecule has 2 aliphatic rings. The molecule has 0 spiro atoms. The summed E-state index contributed by atoms with van der Waals surface area (Å²) in [6.45, 7) is -0.0292. The zero-order valence-electron chi connectivity index (χ0n) is 18.0. The number of carbonyl (C=O) groups excluding carboxylic acids is 1.